The van der Waals surface area contributed by atoms with Crippen LogP contribution in [0.1, 0.15) is 6.92 Å². The molecule has 0 rings (SSSR count). The van der Waals surface area contributed by atoms with E-state index in [1.165, 1.54) is 0 Å². The highest BCUT2D eigenvalue weighted by Crippen LogP contribution is 1.76. The van der Waals surface area contributed by atoms with Crippen LogP contribution >= 0.6 is 0 Å². The van der Waals surface area contributed by atoms with Gasteiger partial charge in [0.05, 0.1) is 0 Å². The van der Waals surface area contributed by atoms with Crippen molar-refractivity contribution < 1.29 is 17.7 Å². The summed E-state index contributed by atoms with van der Waals surface area (Å²) in [7, 11) is 0. The summed E-state index contributed by atoms with van der Waals surface area (Å²) < 4.78 is 22.3. The fourth-order valence-corrected chi connectivity index (χ4v) is 0.287. The van der Waals surface area contributed by atoms with Gasteiger partial charge in [0.15, 0.2) is 0 Å². The zero-order valence-electron chi connectivity index (χ0n) is 3.54. The second-order valence-electron chi connectivity index (χ2n) is 0.779. The molecular formula is C2H3O4S-. The van der Waals surface area contributed by atoms with Crippen LogP contribution in [0.4, 0.5) is 0 Å². The summed E-state index contributed by atoms with van der Waals surface area (Å²) in [5.74, 6) is -0.826. The lowest BCUT2D eigenvalue weighted by Crippen LogP contribution is -2.00. The second kappa shape index (κ2) is 2.70. The highest BCUT2D eigenvalue weighted by molar-refractivity contribution is 7.74. The fraction of sp³-hybridized carbons (Fsp3) is 0.500. The largest absolute Gasteiger partial charge is 0.740 e. The van der Waals surface area contributed by atoms with Gasteiger partial charge in [-0.05, 0) is 0 Å². The minimum Gasteiger partial charge on any atom is -0.740 e. The van der Waals surface area contributed by atoms with E-state index in [0.717, 1.165) is 6.92 Å². The Labute approximate surface area is 43.0 Å². The Balaban J connectivity index is 3.32. The quantitative estimate of drug-likeness (QED) is 0.434. The van der Waals surface area contributed by atoms with Crippen molar-refractivity contribution in [1.82, 2.24) is 0 Å². The molecule has 5 heteroatoms. The van der Waals surface area contributed by atoms with Gasteiger partial charge in [-0.2, -0.15) is 0 Å². The Hall–Kier alpha value is -0.420. The van der Waals surface area contributed by atoms with Crippen LogP contribution in [0.3, 0.4) is 0 Å². The molecule has 0 saturated carbocycles. The van der Waals surface area contributed by atoms with Crippen molar-refractivity contribution in [3.63, 3.8) is 0 Å². The lowest BCUT2D eigenvalue weighted by atomic mass is 10.9. The molecule has 0 N–H and O–H groups in total. The van der Waals surface area contributed by atoms with E-state index >= 15 is 0 Å². The zero-order chi connectivity index (χ0) is 5.86. The molecule has 0 fully saturated rings. The van der Waals surface area contributed by atoms with Gasteiger partial charge in [0.2, 0.25) is 0 Å². The van der Waals surface area contributed by atoms with Crippen molar-refractivity contribution in [2.75, 3.05) is 0 Å². The Bertz CT molecular complexity index is 85.9. The average molecular weight is 123 g/mol. The van der Waals surface area contributed by atoms with Gasteiger partial charge in [-0.25, -0.2) is 4.21 Å². The van der Waals surface area contributed by atoms with Crippen LogP contribution in [0.25, 0.3) is 0 Å². The third-order valence-corrected chi connectivity index (χ3v) is 0.556. The van der Waals surface area contributed by atoms with Gasteiger partial charge in [0.1, 0.15) is 11.4 Å². The monoisotopic (exact) mass is 123 g/mol. The summed E-state index contributed by atoms with van der Waals surface area (Å²) >= 11 is -2.70. The molecule has 0 aromatic rings. The molecule has 0 spiro atoms. The van der Waals surface area contributed by atoms with Gasteiger partial charge in [0.25, 0.3) is 0 Å². The second-order valence-corrected chi connectivity index (χ2v) is 1.35. The van der Waals surface area contributed by atoms with Crippen LogP contribution < -0.4 is 0 Å². The number of carbonyl (C=O) groups is 1. The van der Waals surface area contributed by atoms with E-state index in [9.17, 15) is 13.6 Å². The highest BCUT2D eigenvalue weighted by atomic mass is 32.2. The third kappa shape index (κ3) is 5.58. The van der Waals surface area contributed by atoms with Gasteiger partial charge in [-0.15, -0.1) is 0 Å². The van der Waals surface area contributed by atoms with E-state index in [-0.39, 0.29) is 0 Å². The maximum atomic E-state index is 9.64. The first-order valence-corrected chi connectivity index (χ1v) is 2.41. The summed E-state index contributed by atoms with van der Waals surface area (Å²) in [6.07, 6.45) is 0. The van der Waals surface area contributed by atoms with Crippen LogP contribution in [0, 0.1) is 0 Å². The van der Waals surface area contributed by atoms with Gasteiger partial charge in [-0.3, -0.25) is 4.79 Å². The first-order valence-electron chi connectivity index (χ1n) is 1.41. The predicted octanol–water partition coefficient (Wildman–Crippen LogP) is -0.656. The summed E-state index contributed by atoms with van der Waals surface area (Å²) in [6, 6.07) is 0. The van der Waals surface area contributed by atoms with Crippen molar-refractivity contribution in [2.24, 2.45) is 0 Å². The molecule has 0 aliphatic heterocycles. The SMILES string of the molecule is CC(=O)OS(=O)[O-]. The van der Waals surface area contributed by atoms with Crippen molar-refractivity contribution >= 4 is 17.3 Å². The summed E-state index contributed by atoms with van der Waals surface area (Å²) in [4.78, 5) is 9.64. The number of carbonyl (C=O) groups excluding carboxylic acids is 1. The van der Waals surface area contributed by atoms with E-state index in [1.807, 2.05) is 0 Å². The average Bonchev–Trinajstić information content (AvgIpc) is 1.27. The Morgan fingerprint density at radius 1 is 1.86 bits per heavy atom. The molecule has 0 aliphatic carbocycles. The molecule has 1 unspecified atom stereocenters. The molecule has 4 nitrogen and oxygen atoms in total. The molecule has 42 valence electrons. The molecule has 7 heavy (non-hydrogen) atoms. The Kier molecular flexibility index (Phi) is 2.54. The smallest absolute Gasteiger partial charge is 0.315 e. The van der Waals surface area contributed by atoms with Crippen LogP contribution in [0.15, 0.2) is 0 Å². The van der Waals surface area contributed by atoms with Crippen molar-refractivity contribution in [3.05, 3.63) is 0 Å². The van der Waals surface area contributed by atoms with Crippen LogP contribution in [-0.4, -0.2) is 14.7 Å². The van der Waals surface area contributed by atoms with Crippen molar-refractivity contribution in [1.29, 1.82) is 0 Å². The van der Waals surface area contributed by atoms with E-state index in [1.54, 1.807) is 0 Å². The molecular weight excluding hydrogens is 120 g/mol. The standard InChI is InChI=1S/C2H4O4S/c1-2(3)6-7(4)5/h1H3,(H,4,5)/p-1. The van der Waals surface area contributed by atoms with Gasteiger partial charge in [-0.1, -0.05) is 0 Å². The topological polar surface area (TPSA) is 66.4 Å². The Morgan fingerprint density at radius 2 is 2.29 bits per heavy atom. The first kappa shape index (κ1) is 6.58. The zero-order valence-corrected chi connectivity index (χ0v) is 4.36. The lowest BCUT2D eigenvalue weighted by molar-refractivity contribution is -0.131. The molecule has 0 bridgehead atoms. The van der Waals surface area contributed by atoms with Crippen LogP contribution in [-0.2, 0) is 20.3 Å². The maximum absolute atomic E-state index is 9.64. The molecule has 1 atom stereocenters. The summed E-state index contributed by atoms with van der Waals surface area (Å²) in [6.45, 7) is 1.01. The molecule has 0 amide bonds. The van der Waals surface area contributed by atoms with Gasteiger partial charge in [0, 0.05) is 6.92 Å². The first-order chi connectivity index (χ1) is 3.13. The molecule has 0 radical (unpaired) electrons. The van der Waals surface area contributed by atoms with E-state index in [4.69, 9.17) is 0 Å². The minimum absolute atomic E-state index is 0.826. The number of hydrogen-bond acceptors (Lipinski definition) is 4. The lowest BCUT2D eigenvalue weighted by Gasteiger charge is -1.99. The van der Waals surface area contributed by atoms with Crippen LogP contribution in [0.5, 0.6) is 0 Å². The molecule has 0 aromatic heterocycles. The van der Waals surface area contributed by atoms with Crippen molar-refractivity contribution in [2.45, 2.75) is 6.92 Å². The van der Waals surface area contributed by atoms with Crippen LogP contribution in [0.2, 0.25) is 0 Å². The fourth-order valence-electron chi connectivity index (χ4n) is 0.0958. The minimum atomic E-state index is -2.70. The predicted molar refractivity (Wildman–Crippen MR) is 20.7 cm³/mol. The number of hydrogen-bond donors (Lipinski definition) is 0. The number of rotatable bonds is 1. The van der Waals surface area contributed by atoms with E-state index in [0.29, 0.717) is 0 Å². The third-order valence-electron chi connectivity index (χ3n) is 0.185. The molecule has 0 saturated heterocycles. The highest BCUT2D eigenvalue weighted by Gasteiger charge is 1.86. The van der Waals surface area contributed by atoms with Gasteiger partial charge >= 0.3 is 5.97 Å². The summed E-state index contributed by atoms with van der Waals surface area (Å²) in [5, 5.41) is 0. The normalized spacial score (nSPS) is 12.9. The Morgan fingerprint density at radius 3 is 2.29 bits per heavy atom. The summed E-state index contributed by atoms with van der Waals surface area (Å²) in [5.41, 5.74) is 0. The molecule has 0 heterocycles. The maximum Gasteiger partial charge on any atom is 0.315 e. The van der Waals surface area contributed by atoms with E-state index < -0.39 is 17.3 Å². The van der Waals surface area contributed by atoms with E-state index in [2.05, 4.69) is 4.18 Å². The van der Waals surface area contributed by atoms with Crippen molar-refractivity contribution in [3.8, 4) is 0 Å². The van der Waals surface area contributed by atoms with Gasteiger partial charge < -0.3 is 8.74 Å². The molecule has 0 aliphatic rings. The molecule has 0 aromatic carbocycles.